The van der Waals surface area contributed by atoms with Crippen LogP contribution in [0.4, 0.5) is 5.82 Å². The van der Waals surface area contributed by atoms with Gasteiger partial charge in [-0.2, -0.15) is 0 Å². The Hall–Kier alpha value is -2.78. The molecule has 4 heteroatoms. The van der Waals surface area contributed by atoms with Gasteiger partial charge in [-0.05, 0) is 42.8 Å². The molecule has 0 unspecified atom stereocenters. The largest absolute Gasteiger partial charge is 0.359 e. The van der Waals surface area contributed by atoms with E-state index in [9.17, 15) is 0 Å². The summed E-state index contributed by atoms with van der Waals surface area (Å²) in [5.74, 6) is 0.831. The van der Waals surface area contributed by atoms with E-state index in [2.05, 4.69) is 46.5 Å². The molecule has 4 rings (SSSR count). The summed E-state index contributed by atoms with van der Waals surface area (Å²) in [6, 6.07) is 22.1. The number of H-pyrrole nitrogens is 1. The van der Waals surface area contributed by atoms with Crippen LogP contribution in [-0.2, 0) is 0 Å². The van der Waals surface area contributed by atoms with Gasteiger partial charge < -0.3 is 10.3 Å². The number of halogens is 1. The number of hydrogen-bond donors (Lipinski definition) is 2. The smallest absolute Gasteiger partial charge is 0.126 e. The fraction of sp³-hybridized carbons (Fsp3) is 0.0952. The number of fused-ring (bicyclic) bond motifs is 1. The average Bonchev–Trinajstić information content (AvgIpc) is 2.96. The third kappa shape index (κ3) is 3.11. The molecule has 0 bridgehead atoms. The third-order valence-electron chi connectivity index (χ3n) is 4.37. The van der Waals surface area contributed by atoms with Crippen LogP contribution in [0.1, 0.15) is 22.9 Å². The highest BCUT2D eigenvalue weighted by molar-refractivity contribution is 6.30. The molecule has 3 nitrogen and oxygen atoms in total. The van der Waals surface area contributed by atoms with Gasteiger partial charge in [-0.1, -0.05) is 48.0 Å². The van der Waals surface area contributed by atoms with Crippen molar-refractivity contribution in [3.8, 4) is 0 Å². The maximum absolute atomic E-state index is 6.26. The Labute approximate surface area is 151 Å². The maximum atomic E-state index is 6.26. The second kappa shape index (κ2) is 6.61. The van der Waals surface area contributed by atoms with Gasteiger partial charge in [0.2, 0.25) is 0 Å². The van der Waals surface area contributed by atoms with E-state index in [4.69, 9.17) is 11.6 Å². The van der Waals surface area contributed by atoms with Crippen molar-refractivity contribution in [2.75, 3.05) is 5.32 Å². The van der Waals surface area contributed by atoms with Gasteiger partial charge in [0, 0.05) is 33.4 Å². The van der Waals surface area contributed by atoms with Crippen molar-refractivity contribution in [1.29, 1.82) is 0 Å². The standard InChI is InChI=1S/C21H18ClN3/c1-14-20(17-9-2-3-10-18(17)24-14)21(15-7-6-8-16(22)13-15)25-19-11-4-5-12-23-19/h2-13,21,24H,1H3,(H,23,25)/t21-/m0/s1. The predicted molar refractivity (Wildman–Crippen MR) is 104 cm³/mol. The first-order chi connectivity index (χ1) is 12.2. The number of hydrogen-bond acceptors (Lipinski definition) is 2. The highest BCUT2D eigenvalue weighted by atomic mass is 35.5. The Kier molecular flexibility index (Phi) is 4.16. The zero-order valence-electron chi connectivity index (χ0n) is 13.8. The molecular formula is C21H18ClN3. The SMILES string of the molecule is Cc1[nH]c2ccccc2c1[C@@H](Nc1ccccn1)c1cccc(Cl)c1. The van der Waals surface area contributed by atoms with Crippen LogP contribution in [0.3, 0.4) is 0 Å². The number of aryl methyl sites for hydroxylation is 1. The zero-order chi connectivity index (χ0) is 17.2. The molecule has 4 aromatic rings. The van der Waals surface area contributed by atoms with Crippen molar-refractivity contribution in [3.63, 3.8) is 0 Å². The fourth-order valence-corrected chi connectivity index (χ4v) is 3.47. The number of aromatic nitrogens is 2. The molecule has 2 N–H and O–H groups in total. The molecule has 0 amide bonds. The molecule has 0 aliphatic carbocycles. The first kappa shape index (κ1) is 15.7. The Morgan fingerprint density at radius 1 is 1.00 bits per heavy atom. The van der Waals surface area contributed by atoms with Crippen LogP contribution < -0.4 is 5.32 Å². The van der Waals surface area contributed by atoms with Gasteiger partial charge in [0.15, 0.2) is 0 Å². The molecule has 2 aromatic heterocycles. The topological polar surface area (TPSA) is 40.7 Å². The second-order valence-corrected chi connectivity index (χ2v) is 6.49. The molecule has 0 saturated heterocycles. The quantitative estimate of drug-likeness (QED) is 0.495. The van der Waals surface area contributed by atoms with Gasteiger partial charge in [-0.25, -0.2) is 4.98 Å². The zero-order valence-corrected chi connectivity index (χ0v) is 14.6. The Morgan fingerprint density at radius 3 is 2.64 bits per heavy atom. The molecule has 0 fully saturated rings. The number of benzene rings is 2. The molecule has 124 valence electrons. The Balaban J connectivity index is 1.89. The molecule has 0 radical (unpaired) electrons. The van der Waals surface area contributed by atoms with Crippen LogP contribution in [0.25, 0.3) is 10.9 Å². The predicted octanol–water partition coefficient (Wildman–Crippen LogP) is 5.73. The summed E-state index contributed by atoms with van der Waals surface area (Å²) in [5, 5.41) is 5.50. The summed E-state index contributed by atoms with van der Waals surface area (Å²) >= 11 is 6.26. The molecule has 2 aromatic carbocycles. The first-order valence-corrected chi connectivity index (χ1v) is 8.60. The summed E-state index contributed by atoms with van der Waals surface area (Å²) in [6.07, 6.45) is 1.79. The van der Waals surface area contributed by atoms with E-state index in [0.717, 1.165) is 27.6 Å². The molecule has 0 aliphatic rings. The molecule has 1 atom stereocenters. The van der Waals surface area contributed by atoms with Crippen molar-refractivity contribution in [3.05, 3.63) is 94.8 Å². The monoisotopic (exact) mass is 347 g/mol. The Morgan fingerprint density at radius 2 is 1.84 bits per heavy atom. The normalized spacial score (nSPS) is 12.2. The lowest BCUT2D eigenvalue weighted by atomic mass is 9.96. The number of nitrogens with one attached hydrogen (secondary N) is 2. The van der Waals surface area contributed by atoms with Crippen molar-refractivity contribution < 1.29 is 0 Å². The maximum Gasteiger partial charge on any atom is 0.126 e. The summed E-state index contributed by atoms with van der Waals surface area (Å²) in [7, 11) is 0. The van der Waals surface area contributed by atoms with Gasteiger partial charge in [0.25, 0.3) is 0 Å². The number of rotatable bonds is 4. The lowest BCUT2D eigenvalue weighted by Crippen LogP contribution is -2.14. The van der Waals surface area contributed by atoms with E-state index in [1.54, 1.807) is 6.20 Å². The minimum absolute atomic E-state index is 0.0512. The average molecular weight is 348 g/mol. The highest BCUT2D eigenvalue weighted by Gasteiger charge is 2.21. The first-order valence-electron chi connectivity index (χ1n) is 8.22. The van der Waals surface area contributed by atoms with E-state index >= 15 is 0 Å². The highest BCUT2D eigenvalue weighted by Crippen LogP contribution is 2.34. The lowest BCUT2D eigenvalue weighted by Gasteiger charge is -2.21. The molecule has 0 saturated carbocycles. The van der Waals surface area contributed by atoms with Gasteiger partial charge >= 0.3 is 0 Å². The molecule has 0 spiro atoms. The van der Waals surface area contributed by atoms with Crippen LogP contribution >= 0.6 is 11.6 Å². The summed E-state index contributed by atoms with van der Waals surface area (Å²) in [4.78, 5) is 7.92. The molecular weight excluding hydrogens is 330 g/mol. The van der Waals surface area contributed by atoms with Crippen LogP contribution in [-0.4, -0.2) is 9.97 Å². The summed E-state index contributed by atoms with van der Waals surface area (Å²) in [6.45, 7) is 2.10. The van der Waals surface area contributed by atoms with Crippen molar-refractivity contribution in [2.24, 2.45) is 0 Å². The fourth-order valence-electron chi connectivity index (χ4n) is 3.27. The lowest BCUT2D eigenvalue weighted by molar-refractivity contribution is 0.922. The van der Waals surface area contributed by atoms with Gasteiger partial charge in [0.05, 0.1) is 6.04 Å². The third-order valence-corrected chi connectivity index (χ3v) is 4.61. The van der Waals surface area contributed by atoms with Crippen LogP contribution in [0, 0.1) is 6.92 Å². The number of para-hydroxylation sites is 1. The number of nitrogens with zero attached hydrogens (tertiary/aromatic N) is 1. The van der Waals surface area contributed by atoms with Crippen LogP contribution in [0.5, 0.6) is 0 Å². The van der Waals surface area contributed by atoms with E-state index in [1.165, 1.54) is 10.9 Å². The van der Waals surface area contributed by atoms with Crippen molar-refractivity contribution in [2.45, 2.75) is 13.0 Å². The second-order valence-electron chi connectivity index (χ2n) is 6.06. The van der Waals surface area contributed by atoms with E-state index in [0.29, 0.717) is 0 Å². The van der Waals surface area contributed by atoms with Crippen molar-refractivity contribution >= 4 is 28.3 Å². The summed E-state index contributed by atoms with van der Waals surface area (Å²) < 4.78 is 0. The molecule has 25 heavy (non-hydrogen) atoms. The van der Waals surface area contributed by atoms with Gasteiger partial charge in [-0.3, -0.25) is 0 Å². The number of anilines is 1. The number of pyridine rings is 1. The van der Waals surface area contributed by atoms with Crippen molar-refractivity contribution in [1.82, 2.24) is 9.97 Å². The van der Waals surface area contributed by atoms with Crippen LogP contribution in [0.2, 0.25) is 5.02 Å². The van der Waals surface area contributed by atoms with E-state index < -0.39 is 0 Å². The molecule has 2 heterocycles. The van der Waals surface area contributed by atoms with Crippen LogP contribution in [0.15, 0.2) is 72.9 Å². The Bertz CT molecular complexity index is 1010. The van der Waals surface area contributed by atoms with Gasteiger partial charge in [-0.15, -0.1) is 0 Å². The summed E-state index contributed by atoms with van der Waals surface area (Å²) in [5.41, 5.74) is 4.58. The van der Waals surface area contributed by atoms with E-state index in [1.807, 2.05) is 42.5 Å². The minimum atomic E-state index is -0.0512. The minimum Gasteiger partial charge on any atom is -0.359 e. The van der Waals surface area contributed by atoms with Gasteiger partial charge in [0.1, 0.15) is 5.82 Å². The molecule has 0 aliphatic heterocycles. The van der Waals surface area contributed by atoms with E-state index in [-0.39, 0.29) is 6.04 Å². The number of aromatic amines is 1.